The van der Waals surface area contributed by atoms with Crippen LogP contribution < -0.4 is 5.32 Å². The van der Waals surface area contributed by atoms with Crippen molar-refractivity contribution in [1.82, 2.24) is 5.32 Å². The maximum Gasteiger partial charge on any atom is 0.252 e. The second-order valence-corrected chi connectivity index (χ2v) is 4.01. The number of nitriles is 1. The SMILES string of the molecule is CCCc1ccc(C(=O)NC(C#N)CC)cc1. The fraction of sp³-hybridized carbons (Fsp3) is 0.429. The van der Waals surface area contributed by atoms with E-state index in [-0.39, 0.29) is 5.91 Å². The summed E-state index contributed by atoms with van der Waals surface area (Å²) in [5.74, 6) is -0.179. The normalized spacial score (nSPS) is 11.6. The Bertz CT molecular complexity index is 403. The van der Waals surface area contributed by atoms with E-state index in [0.29, 0.717) is 12.0 Å². The van der Waals surface area contributed by atoms with Crippen LogP contribution in [0.25, 0.3) is 0 Å². The zero-order chi connectivity index (χ0) is 12.7. The van der Waals surface area contributed by atoms with E-state index in [2.05, 4.69) is 18.3 Å². The van der Waals surface area contributed by atoms with Gasteiger partial charge in [-0.15, -0.1) is 0 Å². The van der Waals surface area contributed by atoms with Crippen LogP contribution in [0, 0.1) is 11.3 Å². The minimum absolute atomic E-state index is 0.179. The third-order valence-electron chi connectivity index (χ3n) is 2.62. The number of rotatable bonds is 5. The molecule has 0 bridgehead atoms. The largest absolute Gasteiger partial charge is 0.336 e. The molecule has 0 aromatic heterocycles. The average Bonchev–Trinajstić information content (AvgIpc) is 2.37. The zero-order valence-electron chi connectivity index (χ0n) is 10.4. The number of amides is 1. The van der Waals surface area contributed by atoms with Crippen molar-refractivity contribution in [3.8, 4) is 6.07 Å². The molecule has 0 heterocycles. The maximum absolute atomic E-state index is 11.8. The van der Waals surface area contributed by atoms with Crippen LogP contribution in [0.3, 0.4) is 0 Å². The Morgan fingerprint density at radius 1 is 1.35 bits per heavy atom. The van der Waals surface area contributed by atoms with E-state index in [1.807, 2.05) is 31.2 Å². The van der Waals surface area contributed by atoms with Crippen LogP contribution in [-0.2, 0) is 6.42 Å². The van der Waals surface area contributed by atoms with Crippen molar-refractivity contribution < 1.29 is 4.79 Å². The third kappa shape index (κ3) is 3.92. The number of aryl methyl sites for hydroxylation is 1. The summed E-state index contributed by atoms with van der Waals surface area (Å²) in [5, 5.41) is 11.5. The van der Waals surface area contributed by atoms with E-state index in [1.54, 1.807) is 0 Å². The summed E-state index contributed by atoms with van der Waals surface area (Å²) in [7, 11) is 0. The number of nitrogens with one attached hydrogen (secondary N) is 1. The lowest BCUT2D eigenvalue weighted by Gasteiger charge is -2.09. The highest BCUT2D eigenvalue weighted by atomic mass is 16.1. The Morgan fingerprint density at radius 3 is 2.47 bits per heavy atom. The summed E-state index contributed by atoms with van der Waals surface area (Å²) in [4.78, 5) is 11.8. The lowest BCUT2D eigenvalue weighted by molar-refractivity contribution is 0.0944. The van der Waals surface area contributed by atoms with Gasteiger partial charge in [0, 0.05) is 5.56 Å². The third-order valence-corrected chi connectivity index (χ3v) is 2.62. The van der Waals surface area contributed by atoms with Gasteiger partial charge in [0.05, 0.1) is 6.07 Å². The van der Waals surface area contributed by atoms with Gasteiger partial charge in [0.1, 0.15) is 6.04 Å². The van der Waals surface area contributed by atoms with Crippen LogP contribution in [-0.4, -0.2) is 11.9 Å². The number of benzene rings is 1. The lowest BCUT2D eigenvalue weighted by atomic mass is 10.1. The van der Waals surface area contributed by atoms with Gasteiger partial charge < -0.3 is 5.32 Å². The van der Waals surface area contributed by atoms with Gasteiger partial charge in [-0.05, 0) is 30.5 Å². The van der Waals surface area contributed by atoms with Crippen LogP contribution in [0.4, 0.5) is 0 Å². The molecule has 0 aliphatic carbocycles. The van der Waals surface area contributed by atoms with E-state index in [1.165, 1.54) is 5.56 Å². The van der Waals surface area contributed by atoms with Gasteiger partial charge in [0.25, 0.3) is 5.91 Å². The second kappa shape index (κ2) is 6.70. The van der Waals surface area contributed by atoms with Gasteiger partial charge in [-0.1, -0.05) is 32.4 Å². The number of hydrogen-bond donors (Lipinski definition) is 1. The van der Waals surface area contributed by atoms with E-state index >= 15 is 0 Å². The fourth-order valence-electron chi connectivity index (χ4n) is 1.58. The Balaban J connectivity index is 2.67. The molecule has 90 valence electrons. The molecule has 0 spiro atoms. The summed E-state index contributed by atoms with van der Waals surface area (Å²) in [6.07, 6.45) is 2.74. The van der Waals surface area contributed by atoms with Gasteiger partial charge >= 0.3 is 0 Å². The van der Waals surface area contributed by atoms with E-state index in [0.717, 1.165) is 12.8 Å². The molecule has 0 aliphatic rings. The molecule has 0 aliphatic heterocycles. The first-order valence-electron chi connectivity index (χ1n) is 6.00. The van der Waals surface area contributed by atoms with Crippen LogP contribution in [0.1, 0.15) is 42.6 Å². The van der Waals surface area contributed by atoms with E-state index < -0.39 is 6.04 Å². The zero-order valence-corrected chi connectivity index (χ0v) is 10.4. The van der Waals surface area contributed by atoms with Crippen molar-refractivity contribution in [2.45, 2.75) is 39.2 Å². The fourth-order valence-corrected chi connectivity index (χ4v) is 1.58. The smallest absolute Gasteiger partial charge is 0.252 e. The molecule has 0 radical (unpaired) electrons. The minimum Gasteiger partial charge on any atom is -0.336 e. The summed E-state index contributed by atoms with van der Waals surface area (Å²) in [6.45, 7) is 4.00. The molecule has 3 nitrogen and oxygen atoms in total. The molecular weight excluding hydrogens is 212 g/mol. The molecule has 1 amide bonds. The molecule has 1 aromatic rings. The predicted octanol–water partition coefficient (Wildman–Crippen LogP) is 2.67. The first-order valence-corrected chi connectivity index (χ1v) is 6.00. The van der Waals surface area contributed by atoms with Gasteiger partial charge in [-0.25, -0.2) is 0 Å². The highest BCUT2D eigenvalue weighted by Crippen LogP contribution is 2.07. The Labute approximate surface area is 102 Å². The predicted molar refractivity (Wildman–Crippen MR) is 67.6 cm³/mol. The van der Waals surface area contributed by atoms with Crippen molar-refractivity contribution in [3.63, 3.8) is 0 Å². The number of carbonyl (C=O) groups excluding carboxylic acids is 1. The molecule has 1 N–H and O–H groups in total. The van der Waals surface area contributed by atoms with Crippen molar-refractivity contribution in [2.24, 2.45) is 0 Å². The average molecular weight is 230 g/mol. The quantitative estimate of drug-likeness (QED) is 0.845. The molecular formula is C14H18N2O. The van der Waals surface area contributed by atoms with Gasteiger partial charge in [0.15, 0.2) is 0 Å². The molecule has 1 rings (SSSR count). The van der Waals surface area contributed by atoms with E-state index in [4.69, 9.17) is 5.26 Å². The molecule has 1 unspecified atom stereocenters. The standard InChI is InChI=1S/C14H18N2O/c1-3-5-11-6-8-12(9-7-11)14(17)16-13(4-2)10-15/h6-9,13H,3-5H2,1-2H3,(H,16,17). The number of carbonyl (C=O) groups is 1. The highest BCUT2D eigenvalue weighted by Gasteiger charge is 2.10. The molecule has 0 saturated carbocycles. The molecule has 1 aromatic carbocycles. The molecule has 1 atom stereocenters. The maximum atomic E-state index is 11.8. The minimum atomic E-state index is -0.405. The molecule has 17 heavy (non-hydrogen) atoms. The number of nitrogens with zero attached hydrogens (tertiary/aromatic N) is 1. The summed E-state index contributed by atoms with van der Waals surface area (Å²) in [6, 6.07) is 9.20. The second-order valence-electron chi connectivity index (χ2n) is 4.01. The van der Waals surface area contributed by atoms with Crippen LogP contribution in [0.15, 0.2) is 24.3 Å². The van der Waals surface area contributed by atoms with Crippen molar-refractivity contribution in [3.05, 3.63) is 35.4 Å². The van der Waals surface area contributed by atoms with Gasteiger partial charge in [0.2, 0.25) is 0 Å². The summed E-state index contributed by atoms with van der Waals surface area (Å²) < 4.78 is 0. The van der Waals surface area contributed by atoms with Gasteiger partial charge in [-0.3, -0.25) is 4.79 Å². The van der Waals surface area contributed by atoms with Crippen molar-refractivity contribution in [2.75, 3.05) is 0 Å². The van der Waals surface area contributed by atoms with Crippen molar-refractivity contribution in [1.29, 1.82) is 5.26 Å². The molecule has 0 fully saturated rings. The Hall–Kier alpha value is -1.82. The van der Waals surface area contributed by atoms with Crippen molar-refractivity contribution >= 4 is 5.91 Å². The topological polar surface area (TPSA) is 52.9 Å². The Kier molecular flexibility index (Phi) is 5.22. The monoisotopic (exact) mass is 230 g/mol. The number of hydrogen-bond acceptors (Lipinski definition) is 2. The van der Waals surface area contributed by atoms with Gasteiger partial charge in [-0.2, -0.15) is 5.26 Å². The first-order chi connectivity index (χ1) is 8.21. The van der Waals surface area contributed by atoms with Crippen LogP contribution in [0.2, 0.25) is 0 Å². The molecule has 0 saturated heterocycles. The van der Waals surface area contributed by atoms with Crippen LogP contribution >= 0.6 is 0 Å². The summed E-state index contributed by atoms with van der Waals surface area (Å²) >= 11 is 0. The Morgan fingerprint density at radius 2 is 2.00 bits per heavy atom. The summed E-state index contributed by atoms with van der Waals surface area (Å²) in [5.41, 5.74) is 1.84. The molecule has 3 heteroatoms. The first kappa shape index (κ1) is 13.2. The lowest BCUT2D eigenvalue weighted by Crippen LogP contribution is -2.33. The van der Waals surface area contributed by atoms with Crippen LogP contribution in [0.5, 0.6) is 0 Å². The van der Waals surface area contributed by atoms with E-state index in [9.17, 15) is 4.79 Å². The highest BCUT2D eigenvalue weighted by molar-refractivity contribution is 5.94.